The standard InChI is InChI=1S/C9H12N2O5Se/c12-3-4-6(13)7(14)8(16-4)11-2-1-5(17)10-9(11)15/h1-2,4,6-8,12-14H,3H2,(H,10,15,17)/t4-,6-,7-,8-/m1/s1. The number of hydrogen-bond acceptors (Lipinski definition) is 5. The number of nitrogens with one attached hydrogen (secondary N) is 1. The number of aliphatic hydroxyl groups excluding tert-OH is 3. The van der Waals surface area contributed by atoms with Gasteiger partial charge in [-0.05, 0) is 0 Å². The van der Waals surface area contributed by atoms with Crippen LogP contribution in [0.15, 0.2) is 17.1 Å². The minimum absolute atomic E-state index is 0.424. The van der Waals surface area contributed by atoms with E-state index in [2.05, 4.69) is 20.6 Å². The summed E-state index contributed by atoms with van der Waals surface area (Å²) in [4.78, 5) is 14.1. The van der Waals surface area contributed by atoms with Gasteiger partial charge in [0.25, 0.3) is 0 Å². The van der Waals surface area contributed by atoms with Crippen LogP contribution >= 0.6 is 0 Å². The average Bonchev–Trinajstić information content (AvgIpc) is 2.57. The fourth-order valence-electron chi connectivity index (χ4n) is 1.74. The van der Waals surface area contributed by atoms with Gasteiger partial charge < -0.3 is 0 Å². The number of H-pyrrole nitrogens is 1. The van der Waals surface area contributed by atoms with Crippen LogP contribution in [0.4, 0.5) is 0 Å². The summed E-state index contributed by atoms with van der Waals surface area (Å²) in [6, 6.07) is 1.59. The fraction of sp³-hybridized carbons (Fsp3) is 0.556. The summed E-state index contributed by atoms with van der Waals surface area (Å²) < 4.78 is 6.91. The van der Waals surface area contributed by atoms with E-state index in [9.17, 15) is 15.0 Å². The topological polar surface area (TPSA) is 108 Å². The van der Waals surface area contributed by atoms with Crippen LogP contribution in [0.1, 0.15) is 6.23 Å². The molecule has 94 valence electrons. The van der Waals surface area contributed by atoms with Gasteiger partial charge in [-0.1, -0.05) is 0 Å². The van der Waals surface area contributed by atoms with Crippen molar-refractivity contribution in [2.24, 2.45) is 0 Å². The first-order valence-electron chi connectivity index (χ1n) is 4.98. The van der Waals surface area contributed by atoms with Crippen molar-refractivity contribution in [3.05, 3.63) is 26.9 Å². The third-order valence-corrected chi connectivity index (χ3v) is 3.14. The molecule has 0 saturated carbocycles. The Bertz CT molecular complexity index is 513. The molecule has 0 amide bonds. The molecule has 1 aromatic heterocycles. The van der Waals surface area contributed by atoms with Crippen molar-refractivity contribution in [1.82, 2.24) is 9.55 Å². The van der Waals surface area contributed by atoms with E-state index in [0.29, 0.717) is 4.19 Å². The molecule has 0 aliphatic carbocycles. The van der Waals surface area contributed by atoms with Gasteiger partial charge in [-0.2, -0.15) is 0 Å². The predicted octanol–water partition coefficient (Wildman–Crippen LogP) is -2.51. The normalized spacial score (nSPS) is 32.9. The number of nitrogens with zero attached hydrogens (tertiary/aromatic N) is 1. The molecule has 0 aromatic carbocycles. The maximum absolute atomic E-state index is 11.6. The van der Waals surface area contributed by atoms with Gasteiger partial charge >= 0.3 is 103 Å². The van der Waals surface area contributed by atoms with Gasteiger partial charge in [0.1, 0.15) is 0 Å². The Morgan fingerprint density at radius 2 is 2.18 bits per heavy atom. The summed E-state index contributed by atoms with van der Waals surface area (Å²) in [6.45, 7) is -0.424. The second-order valence-corrected chi connectivity index (χ2v) is 4.67. The van der Waals surface area contributed by atoms with Crippen molar-refractivity contribution >= 4 is 15.6 Å². The minimum atomic E-state index is -1.26. The molecule has 4 atom stereocenters. The summed E-state index contributed by atoms with van der Waals surface area (Å²) in [5.74, 6) is 0. The van der Waals surface area contributed by atoms with Crippen molar-refractivity contribution in [3.63, 3.8) is 0 Å². The summed E-state index contributed by atoms with van der Waals surface area (Å²) in [5.41, 5.74) is -0.476. The Morgan fingerprint density at radius 3 is 2.71 bits per heavy atom. The number of aromatic amines is 1. The molecule has 1 aliphatic heterocycles. The number of ether oxygens (including phenoxy) is 1. The molecule has 0 unspecified atom stereocenters. The first-order valence-corrected chi connectivity index (χ1v) is 5.84. The molecule has 8 heteroatoms. The quantitative estimate of drug-likeness (QED) is 0.451. The van der Waals surface area contributed by atoms with Crippen LogP contribution in [-0.4, -0.2) is 65.4 Å². The monoisotopic (exact) mass is 308 g/mol. The molecule has 1 fully saturated rings. The van der Waals surface area contributed by atoms with E-state index < -0.39 is 36.8 Å². The third kappa shape index (κ3) is 2.28. The van der Waals surface area contributed by atoms with E-state index >= 15 is 0 Å². The SMILES string of the molecule is O=c1[nH]c(=[Se])ccn1[C@@H]1O[C@H](CO)[C@@H](O)[C@H]1O. The third-order valence-electron chi connectivity index (χ3n) is 2.64. The molecular weight excluding hydrogens is 295 g/mol. The zero-order valence-electron chi connectivity index (χ0n) is 8.68. The summed E-state index contributed by atoms with van der Waals surface area (Å²) in [5, 5.41) is 28.2. The van der Waals surface area contributed by atoms with Crippen LogP contribution in [0.5, 0.6) is 0 Å². The number of rotatable bonds is 2. The van der Waals surface area contributed by atoms with Crippen LogP contribution < -0.4 is 5.69 Å². The van der Waals surface area contributed by atoms with Crippen LogP contribution in [-0.2, 0) is 4.74 Å². The molecule has 0 radical (unpaired) electrons. The number of aromatic nitrogens is 2. The molecule has 4 N–H and O–H groups in total. The van der Waals surface area contributed by atoms with Gasteiger partial charge in [0.15, 0.2) is 0 Å². The Balaban J connectivity index is 2.35. The van der Waals surface area contributed by atoms with E-state index in [1.807, 2.05) is 0 Å². The second-order valence-electron chi connectivity index (χ2n) is 3.75. The van der Waals surface area contributed by atoms with Gasteiger partial charge in [-0.3, -0.25) is 0 Å². The molecule has 0 spiro atoms. The van der Waals surface area contributed by atoms with E-state index in [-0.39, 0.29) is 0 Å². The van der Waals surface area contributed by atoms with Crippen molar-refractivity contribution < 1.29 is 20.1 Å². The van der Waals surface area contributed by atoms with E-state index in [1.165, 1.54) is 6.20 Å². The van der Waals surface area contributed by atoms with Gasteiger partial charge in [0.05, 0.1) is 0 Å². The first kappa shape index (κ1) is 12.7. The Morgan fingerprint density at radius 1 is 1.47 bits per heavy atom. The second kappa shape index (κ2) is 4.85. The van der Waals surface area contributed by atoms with Gasteiger partial charge in [0, 0.05) is 0 Å². The molecular formula is C9H12N2O5Se. The zero-order chi connectivity index (χ0) is 12.6. The molecule has 1 saturated heterocycles. The Kier molecular flexibility index (Phi) is 3.62. The zero-order valence-corrected chi connectivity index (χ0v) is 10.4. The van der Waals surface area contributed by atoms with Gasteiger partial charge in [0.2, 0.25) is 0 Å². The van der Waals surface area contributed by atoms with Crippen molar-refractivity contribution in [1.29, 1.82) is 0 Å². The Labute approximate surface area is 104 Å². The Hall–Kier alpha value is -0.761. The molecule has 7 nitrogen and oxygen atoms in total. The van der Waals surface area contributed by atoms with Crippen molar-refractivity contribution in [2.75, 3.05) is 6.61 Å². The van der Waals surface area contributed by atoms with Crippen LogP contribution in [0, 0.1) is 4.19 Å². The van der Waals surface area contributed by atoms with Crippen molar-refractivity contribution in [2.45, 2.75) is 24.5 Å². The predicted molar refractivity (Wildman–Crippen MR) is 57.1 cm³/mol. The van der Waals surface area contributed by atoms with Crippen LogP contribution in [0.25, 0.3) is 0 Å². The first-order chi connectivity index (χ1) is 8.04. The van der Waals surface area contributed by atoms with Crippen LogP contribution in [0.3, 0.4) is 0 Å². The molecule has 0 bridgehead atoms. The number of aliphatic hydroxyl groups is 3. The molecule has 2 heterocycles. The molecule has 1 aromatic rings. The molecule has 17 heavy (non-hydrogen) atoms. The summed E-state index contributed by atoms with van der Waals surface area (Å²) in [6.07, 6.45) is -2.94. The van der Waals surface area contributed by atoms with Gasteiger partial charge in [-0.15, -0.1) is 0 Å². The van der Waals surface area contributed by atoms with E-state index in [1.54, 1.807) is 6.07 Å². The van der Waals surface area contributed by atoms with Crippen molar-refractivity contribution in [3.8, 4) is 0 Å². The number of hydrogen-bond donors (Lipinski definition) is 4. The van der Waals surface area contributed by atoms with Gasteiger partial charge in [-0.25, -0.2) is 0 Å². The van der Waals surface area contributed by atoms with E-state index in [0.717, 1.165) is 4.57 Å². The van der Waals surface area contributed by atoms with Crippen LogP contribution in [0.2, 0.25) is 0 Å². The summed E-state index contributed by atoms with van der Waals surface area (Å²) in [7, 11) is 0. The maximum atomic E-state index is 11.6. The summed E-state index contributed by atoms with van der Waals surface area (Å²) >= 11 is 2.64. The molecule has 2 rings (SSSR count). The fourth-order valence-corrected chi connectivity index (χ4v) is 2.05. The molecule has 1 aliphatic rings. The van der Waals surface area contributed by atoms with E-state index in [4.69, 9.17) is 9.84 Å². The average molecular weight is 307 g/mol.